The first kappa shape index (κ1) is 26.4. The van der Waals surface area contributed by atoms with E-state index in [9.17, 15) is 18.8 Å². The van der Waals surface area contributed by atoms with E-state index in [0.717, 1.165) is 22.3 Å². The largest absolute Gasteiger partial charge is 0.334 e. The van der Waals surface area contributed by atoms with Gasteiger partial charge in [0, 0.05) is 26.6 Å². The van der Waals surface area contributed by atoms with Crippen LogP contribution in [-0.4, -0.2) is 70.0 Å². The SMILES string of the molecule is Cc1ccc(CN2C[C@H]3N(C(=O)CN(C)N3C(=O)NCc3ccc(F)cc3)[C@@H](Cc3ccccc3)C2=O)cc1. The molecule has 2 aliphatic rings. The minimum absolute atomic E-state index is 0.0308. The van der Waals surface area contributed by atoms with E-state index in [1.54, 1.807) is 34.0 Å². The zero-order valence-corrected chi connectivity index (χ0v) is 22.1. The van der Waals surface area contributed by atoms with Gasteiger partial charge in [-0.25, -0.2) is 19.2 Å². The Morgan fingerprint density at radius 3 is 2.28 bits per heavy atom. The van der Waals surface area contributed by atoms with Gasteiger partial charge in [0.05, 0.1) is 13.1 Å². The summed E-state index contributed by atoms with van der Waals surface area (Å²) in [6, 6.07) is 22.4. The first-order chi connectivity index (χ1) is 18.8. The van der Waals surface area contributed by atoms with E-state index in [-0.39, 0.29) is 37.3 Å². The van der Waals surface area contributed by atoms with Crippen molar-refractivity contribution in [3.8, 4) is 0 Å². The average Bonchev–Trinajstić information content (AvgIpc) is 2.92. The van der Waals surface area contributed by atoms with Gasteiger partial charge >= 0.3 is 6.03 Å². The predicted octanol–water partition coefficient (Wildman–Crippen LogP) is 3.31. The van der Waals surface area contributed by atoms with E-state index >= 15 is 0 Å². The number of urea groups is 1. The highest BCUT2D eigenvalue weighted by Crippen LogP contribution is 2.28. The molecule has 5 rings (SSSR count). The van der Waals surface area contributed by atoms with Crippen molar-refractivity contribution in [2.24, 2.45) is 0 Å². The van der Waals surface area contributed by atoms with Gasteiger partial charge in [-0.05, 0) is 35.7 Å². The van der Waals surface area contributed by atoms with Crippen LogP contribution in [0, 0.1) is 12.7 Å². The molecule has 2 aliphatic heterocycles. The maximum absolute atomic E-state index is 13.9. The predicted molar refractivity (Wildman–Crippen MR) is 144 cm³/mol. The molecule has 2 heterocycles. The highest BCUT2D eigenvalue weighted by atomic mass is 19.1. The Hall–Kier alpha value is -4.24. The van der Waals surface area contributed by atoms with Gasteiger partial charge in [0.15, 0.2) is 0 Å². The minimum Gasteiger partial charge on any atom is -0.333 e. The summed E-state index contributed by atoms with van der Waals surface area (Å²) in [6.45, 7) is 2.73. The third-order valence-electron chi connectivity index (χ3n) is 7.27. The van der Waals surface area contributed by atoms with E-state index in [2.05, 4.69) is 5.32 Å². The molecular formula is C30H32FN5O3. The molecule has 39 heavy (non-hydrogen) atoms. The summed E-state index contributed by atoms with van der Waals surface area (Å²) in [4.78, 5) is 44.1. The summed E-state index contributed by atoms with van der Waals surface area (Å²) in [6.07, 6.45) is -0.331. The molecular weight excluding hydrogens is 497 g/mol. The van der Waals surface area contributed by atoms with Crippen molar-refractivity contribution in [3.05, 3.63) is 107 Å². The van der Waals surface area contributed by atoms with Crippen LogP contribution in [0.25, 0.3) is 0 Å². The molecule has 0 aliphatic carbocycles. The van der Waals surface area contributed by atoms with Gasteiger partial charge in [0.1, 0.15) is 18.0 Å². The molecule has 4 amide bonds. The molecule has 0 saturated carbocycles. The lowest BCUT2D eigenvalue weighted by Crippen LogP contribution is -2.76. The van der Waals surface area contributed by atoms with Crippen molar-refractivity contribution in [1.29, 1.82) is 0 Å². The van der Waals surface area contributed by atoms with Gasteiger partial charge in [0.2, 0.25) is 11.8 Å². The molecule has 0 aromatic heterocycles. The van der Waals surface area contributed by atoms with Gasteiger partial charge in [0.25, 0.3) is 0 Å². The molecule has 2 saturated heterocycles. The Kier molecular flexibility index (Phi) is 7.60. The summed E-state index contributed by atoms with van der Waals surface area (Å²) in [5.74, 6) is -0.686. The maximum atomic E-state index is 13.9. The number of piperazine rings is 1. The molecule has 0 bridgehead atoms. The van der Waals surface area contributed by atoms with E-state index < -0.39 is 18.2 Å². The number of halogens is 1. The monoisotopic (exact) mass is 529 g/mol. The van der Waals surface area contributed by atoms with Gasteiger partial charge < -0.3 is 15.1 Å². The Morgan fingerprint density at radius 1 is 0.923 bits per heavy atom. The highest BCUT2D eigenvalue weighted by molar-refractivity contribution is 5.91. The third-order valence-corrected chi connectivity index (χ3v) is 7.27. The molecule has 8 nitrogen and oxygen atoms in total. The number of hydrogen-bond acceptors (Lipinski definition) is 4. The van der Waals surface area contributed by atoms with Crippen LogP contribution in [-0.2, 0) is 29.1 Å². The lowest BCUT2D eigenvalue weighted by Gasteiger charge is -2.54. The fourth-order valence-electron chi connectivity index (χ4n) is 5.26. The van der Waals surface area contributed by atoms with Gasteiger partial charge in [-0.1, -0.05) is 72.3 Å². The number of nitrogens with zero attached hydrogens (tertiary/aromatic N) is 4. The Balaban J connectivity index is 1.44. The van der Waals surface area contributed by atoms with Crippen LogP contribution in [0.5, 0.6) is 0 Å². The van der Waals surface area contributed by atoms with Crippen LogP contribution < -0.4 is 5.32 Å². The number of likely N-dealkylation sites (N-methyl/N-ethyl adjacent to an activating group) is 1. The first-order valence-corrected chi connectivity index (χ1v) is 13.0. The fourth-order valence-corrected chi connectivity index (χ4v) is 5.26. The number of amides is 4. The standard InChI is InChI=1S/C30H32FN5O3/c1-21-8-10-24(11-9-21)18-34-19-27-35(26(29(34)38)16-22-6-4-3-5-7-22)28(37)20-33(2)36(27)30(39)32-17-23-12-14-25(31)15-13-23/h3-15,26-27H,16-20H2,1-2H3,(H,32,39)/t26-,27-/m0/s1. The molecule has 2 fully saturated rings. The van der Waals surface area contributed by atoms with Crippen LogP contribution in [0.15, 0.2) is 78.9 Å². The second-order valence-electron chi connectivity index (χ2n) is 10.1. The van der Waals surface area contributed by atoms with Crippen LogP contribution in [0.1, 0.15) is 22.3 Å². The quantitative estimate of drug-likeness (QED) is 0.532. The van der Waals surface area contributed by atoms with Crippen LogP contribution >= 0.6 is 0 Å². The number of carbonyl (C=O) groups excluding carboxylic acids is 3. The summed E-state index contributed by atoms with van der Waals surface area (Å²) < 4.78 is 13.3. The topological polar surface area (TPSA) is 76.2 Å². The van der Waals surface area contributed by atoms with Crippen LogP contribution in [0.3, 0.4) is 0 Å². The molecule has 3 aromatic carbocycles. The average molecular weight is 530 g/mol. The van der Waals surface area contributed by atoms with E-state index in [1.807, 2.05) is 61.5 Å². The van der Waals surface area contributed by atoms with Crippen molar-refractivity contribution in [2.45, 2.75) is 38.6 Å². The zero-order valence-electron chi connectivity index (χ0n) is 22.1. The molecule has 9 heteroatoms. The maximum Gasteiger partial charge on any atom is 0.334 e. The lowest BCUT2D eigenvalue weighted by molar-refractivity contribution is -0.187. The molecule has 3 aromatic rings. The fraction of sp³-hybridized carbons (Fsp3) is 0.300. The lowest BCUT2D eigenvalue weighted by atomic mass is 9.98. The van der Waals surface area contributed by atoms with Gasteiger partial charge in [-0.3, -0.25) is 9.59 Å². The van der Waals surface area contributed by atoms with Crippen molar-refractivity contribution in [2.75, 3.05) is 20.1 Å². The number of benzene rings is 3. The zero-order chi connectivity index (χ0) is 27.5. The summed E-state index contributed by atoms with van der Waals surface area (Å²) in [7, 11) is 1.69. The van der Waals surface area contributed by atoms with Gasteiger partial charge in [-0.2, -0.15) is 0 Å². The number of rotatable bonds is 6. The third kappa shape index (κ3) is 5.78. The molecule has 202 valence electrons. The summed E-state index contributed by atoms with van der Waals surface area (Å²) >= 11 is 0. The molecule has 1 N–H and O–H groups in total. The molecule has 2 atom stereocenters. The summed E-state index contributed by atoms with van der Waals surface area (Å²) in [5.41, 5.74) is 3.79. The number of aryl methyl sites for hydroxylation is 1. The molecule has 0 spiro atoms. The van der Waals surface area contributed by atoms with Crippen LogP contribution in [0.2, 0.25) is 0 Å². The van der Waals surface area contributed by atoms with E-state index in [1.165, 1.54) is 17.1 Å². The Labute approximate surface area is 227 Å². The molecule has 0 unspecified atom stereocenters. The smallest absolute Gasteiger partial charge is 0.333 e. The number of hydrazine groups is 1. The number of hydrogen-bond donors (Lipinski definition) is 1. The second kappa shape index (κ2) is 11.2. The molecule has 0 radical (unpaired) electrons. The first-order valence-electron chi connectivity index (χ1n) is 13.0. The number of nitrogens with one attached hydrogen (secondary N) is 1. The Morgan fingerprint density at radius 2 is 1.59 bits per heavy atom. The van der Waals surface area contributed by atoms with E-state index in [0.29, 0.717) is 13.0 Å². The van der Waals surface area contributed by atoms with Crippen LogP contribution in [0.4, 0.5) is 9.18 Å². The van der Waals surface area contributed by atoms with E-state index in [4.69, 9.17) is 0 Å². The van der Waals surface area contributed by atoms with Crippen molar-refractivity contribution in [1.82, 2.24) is 25.1 Å². The normalized spacial score (nSPS) is 19.7. The highest BCUT2D eigenvalue weighted by Gasteiger charge is 2.50. The summed E-state index contributed by atoms with van der Waals surface area (Å²) in [5, 5.41) is 6.02. The van der Waals surface area contributed by atoms with Crippen molar-refractivity contribution >= 4 is 17.8 Å². The second-order valence-corrected chi connectivity index (χ2v) is 10.1. The van der Waals surface area contributed by atoms with Crippen molar-refractivity contribution in [3.63, 3.8) is 0 Å². The Bertz CT molecular complexity index is 1330. The van der Waals surface area contributed by atoms with Crippen molar-refractivity contribution < 1.29 is 18.8 Å². The number of carbonyl (C=O) groups is 3. The number of fused-ring (bicyclic) bond motifs is 1. The minimum atomic E-state index is -0.745. The van der Waals surface area contributed by atoms with Gasteiger partial charge in [-0.15, -0.1) is 0 Å².